The van der Waals surface area contributed by atoms with E-state index in [1.165, 1.54) is 81.4 Å². The van der Waals surface area contributed by atoms with Gasteiger partial charge in [-0.3, -0.25) is 9.79 Å². The van der Waals surface area contributed by atoms with Crippen molar-refractivity contribution in [3.05, 3.63) is 71.1 Å². The van der Waals surface area contributed by atoms with Gasteiger partial charge in [-0.1, -0.05) is 108 Å². The average Bonchev–Trinajstić information content (AvgIpc) is 2.97. The van der Waals surface area contributed by atoms with Crippen molar-refractivity contribution in [2.45, 2.75) is 118 Å². The molecule has 0 fully saturated rings. The molecule has 1 unspecified atom stereocenters. The highest BCUT2D eigenvalue weighted by Crippen LogP contribution is 2.33. The summed E-state index contributed by atoms with van der Waals surface area (Å²) in [6, 6.07) is 13.1. The second kappa shape index (κ2) is 19.7. The van der Waals surface area contributed by atoms with Gasteiger partial charge in [-0.25, -0.2) is 4.39 Å². The zero-order chi connectivity index (χ0) is 30.2. The van der Waals surface area contributed by atoms with Crippen LogP contribution in [0.2, 0.25) is 0 Å². The molecular formula is C37H54BrFN2O2. The maximum Gasteiger partial charge on any atom is 0.224 e. The molecule has 0 bridgehead atoms. The van der Waals surface area contributed by atoms with Crippen LogP contribution < -0.4 is 9.64 Å². The Kier molecular flexibility index (Phi) is 16.9. The van der Waals surface area contributed by atoms with Gasteiger partial charge in [0.15, 0.2) is 11.6 Å². The molecule has 238 valence electrons. The molecule has 0 radical (unpaired) electrons. The third-order valence-electron chi connectivity index (χ3n) is 8.64. The first kappa shape index (κ1) is 36.7. The van der Waals surface area contributed by atoms with Gasteiger partial charge < -0.3 is 9.64 Å². The van der Waals surface area contributed by atoms with Crippen LogP contribution in [0.1, 0.15) is 116 Å². The van der Waals surface area contributed by atoms with E-state index in [4.69, 9.17) is 4.74 Å². The molecule has 1 amide bonds. The number of unbranched alkanes of at least 4 members (excludes halogenated alkanes) is 11. The molecule has 4 nitrogen and oxygen atoms in total. The number of allylic oxidation sites excluding steroid dienone is 1. The summed E-state index contributed by atoms with van der Waals surface area (Å²) in [5, 5.41) is 0. The summed E-state index contributed by atoms with van der Waals surface area (Å²) in [7, 11) is 0. The summed E-state index contributed by atoms with van der Waals surface area (Å²) in [6.07, 6.45) is 20.3. The number of carbonyl (C=O) groups is 1. The Hall–Kier alpha value is -2.47. The van der Waals surface area contributed by atoms with Gasteiger partial charge in [0.2, 0.25) is 5.91 Å². The fourth-order valence-electron chi connectivity index (χ4n) is 5.64. The molecule has 0 aliphatic carbocycles. The zero-order valence-electron chi connectivity index (χ0n) is 27.0. The van der Waals surface area contributed by atoms with Crippen molar-refractivity contribution in [1.82, 2.24) is 0 Å². The molecule has 0 saturated heterocycles. The van der Waals surface area contributed by atoms with Crippen LogP contribution in [0.15, 0.2) is 59.1 Å². The Labute approximate surface area is 271 Å². The number of aliphatic imine (C=N–C) groups is 1. The summed E-state index contributed by atoms with van der Waals surface area (Å²) in [5.41, 5.74) is 4.08. The minimum absolute atomic E-state index is 0. The molecule has 3 rings (SSSR count). The first-order valence-electron chi connectivity index (χ1n) is 16.3. The van der Waals surface area contributed by atoms with Crippen molar-refractivity contribution in [2.24, 2.45) is 10.4 Å². The molecule has 0 aromatic heterocycles. The third kappa shape index (κ3) is 12.6. The fourth-order valence-corrected chi connectivity index (χ4v) is 5.64. The number of amides is 1. The van der Waals surface area contributed by atoms with Gasteiger partial charge >= 0.3 is 0 Å². The number of anilines is 1. The Morgan fingerprint density at radius 3 is 2.05 bits per heavy atom. The molecule has 1 aliphatic heterocycles. The van der Waals surface area contributed by atoms with E-state index in [2.05, 4.69) is 44.0 Å². The lowest BCUT2D eigenvalue weighted by atomic mass is 9.76. The summed E-state index contributed by atoms with van der Waals surface area (Å²) in [5.74, 6) is -0.176. The number of ether oxygens (including phenoxy) is 1. The van der Waals surface area contributed by atoms with Gasteiger partial charge in [-0.05, 0) is 61.2 Å². The van der Waals surface area contributed by atoms with Gasteiger partial charge in [-0.2, -0.15) is 0 Å². The molecule has 1 aliphatic rings. The first-order valence-corrected chi connectivity index (χ1v) is 16.3. The summed E-state index contributed by atoms with van der Waals surface area (Å²) in [6.45, 7) is 9.82. The number of hydrogen-bond acceptors (Lipinski definition) is 3. The van der Waals surface area contributed by atoms with Crippen molar-refractivity contribution in [3.63, 3.8) is 0 Å². The minimum atomic E-state index is -0.378. The average molecular weight is 658 g/mol. The lowest BCUT2D eigenvalue weighted by molar-refractivity contribution is -0.116. The van der Waals surface area contributed by atoms with Crippen molar-refractivity contribution < 1.29 is 13.9 Å². The van der Waals surface area contributed by atoms with Crippen LogP contribution in [0.5, 0.6) is 5.75 Å². The topological polar surface area (TPSA) is 41.9 Å². The highest BCUT2D eigenvalue weighted by Gasteiger charge is 2.28. The molecule has 2 aromatic carbocycles. The van der Waals surface area contributed by atoms with E-state index < -0.39 is 0 Å². The van der Waals surface area contributed by atoms with Crippen LogP contribution in [-0.4, -0.2) is 25.3 Å². The van der Waals surface area contributed by atoms with E-state index >= 15 is 0 Å². The van der Waals surface area contributed by atoms with Gasteiger partial charge in [0.05, 0.1) is 13.2 Å². The van der Waals surface area contributed by atoms with Crippen molar-refractivity contribution >= 4 is 34.8 Å². The Bertz CT molecular complexity index is 1160. The van der Waals surface area contributed by atoms with Crippen molar-refractivity contribution in [1.29, 1.82) is 0 Å². The van der Waals surface area contributed by atoms with E-state index in [0.717, 1.165) is 37.1 Å². The van der Waals surface area contributed by atoms with E-state index in [0.29, 0.717) is 13.2 Å². The molecule has 0 saturated carbocycles. The number of halogens is 2. The predicted octanol–water partition coefficient (Wildman–Crippen LogP) is 10.6. The molecule has 1 heterocycles. The highest BCUT2D eigenvalue weighted by atomic mass is 79.9. The SMILES string of the molecule is Br.CCCCCCCCCCCCCCOc1ccc(CN(C(C)=O)c2ccc(CC3(C)CN=CC=C3C)cc2)cc1F. The van der Waals surface area contributed by atoms with Crippen LogP contribution in [0, 0.1) is 11.2 Å². The number of carbonyl (C=O) groups excluding carboxylic acids is 1. The van der Waals surface area contributed by atoms with Crippen LogP contribution in [0.3, 0.4) is 0 Å². The number of nitrogens with zero attached hydrogens (tertiary/aromatic N) is 2. The number of benzene rings is 2. The highest BCUT2D eigenvalue weighted by molar-refractivity contribution is 8.93. The molecule has 0 N–H and O–H groups in total. The maximum absolute atomic E-state index is 14.9. The zero-order valence-corrected chi connectivity index (χ0v) is 28.7. The van der Waals surface area contributed by atoms with E-state index in [1.54, 1.807) is 17.9 Å². The monoisotopic (exact) mass is 656 g/mol. The number of dihydropyridines is 1. The largest absolute Gasteiger partial charge is 0.491 e. The van der Waals surface area contributed by atoms with Crippen molar-refractivity contribution in [3.8, 4) is 5.75 Å². The Morgan fingerprint density at radius 2 is 1.49 bits per heavy atom. The summed E-state index contributed by atoms with van der Waals surface area (Å²) < 4.78 is 20.6. The smallest absolute Gasteiger partial charge is 0.224 e. The summed E-state index contributed by atoms with van der Waals surface area (Å²) >= 11 is 0. The van der Waals surface area contributed by atoms with Crippen LogP contribution >= 0.6 is 17.0 Å². The molecule has 43 heavy (non-hydrogen) atoms. The third-order valence-corrected chi connectivity index (χ3v) is 8.64. The molecular weight excluding hydrogens is 603 g/mol. The maximum atomic E-state index is 14.9. The molecule has 1 atom stereocenters. The van der Waals surface area contributed by atoms with Crippen molar-refractivity contribution in [2.75, 3.05) is 18.1 Å². The van der Waals surface area contributed by atoms with Gasteiger partial charge in [0.25, 0.3) is 0 Å². The predicted molar refractivity (Wildman–Crippen MR) is 186 cm³/mol. The van der Waals surface area contributed by atoms with E-state index in [-0.39, 0.29) is 39.9 Å². The standard InChI is InChI=1S/C37H53FN2O2.BrH/c1-5-6-7-8-9-10-11-12-13-14-15-16-25-42-36-22-19-33(26-35(36)38)28-40(31(3)41)34-20-17-32(18-21-34)27-37(4)29-39-24-23-30(37)2;/h17-24,26H,5-16,25,27-29H2,1-4H3;1H. The Balaban J connectivity index is 0.00000645. The van der Waals surface area contributed by atoms with Crippen LogP contribution in [0.4, 0.5) is 10.1 Å². The van der Waals surface area contributed by atoms with Gasteiger partial charge in [0, 0.05) is 30.8 Å². The Morgan fingerprint density at radius 1 is 0.907 bits per heavy atom. The molecule has 6 heteroatoms. The second-order valence-electron chi connectivity index (χ2n) is 12.4. The molecule has 0 spiro atoms. The second-order valence-corrected chi connectivity index (χ2v) is 12.4. The van der Waals surface area contributed by atoms with Gasteiger partial charge in [0.1, 0.15) is 0 Å². The summed E-state index contributed by atoms with van der Waals surface area (Å²) in [4.78, 5) is 18.7. The lowest BCUT2D eigenvalue weighted by Crippen LogP contribution is -2.28. The number of hydrogen-bond donors (Lipinski definition) is 0. The lowest BCUT2D eigenvalue weighted by Gasteiger charge is -2.31. The quantitative estimate of drug-likeness (QED) is 0.141. The van der Waals surface area contributed by atoms with Crippen LogP contribution in [-0.2, 0) is 17.8 Å². The number of rotatable bonds is 19. The van der Waals surface area contributed by atoms with E-state index in [1.807, 2.05) is 24.4 Å². The minimum Gasteiger partial charge on any atom is -0.491 e. The first-order chi connectivity index (χ1) is 20.3. The fraction of sp³-hybridized carbons (Fsp3) is 0.568. The molecule has 2 aromatic rings. The van der Waals surface area contributed by atoms with E-state index in [9.17, 15) is 9.18 Å². The van der Waals surface area contributed by atoms with Gasteiger partial charge in [-0.15, -0.1) is 17.0 Å². The van der Waals surface area contributed by atoms with Crippen LogP contribution in [0.25, 0.3) is 0 Å². The normalized spacial score (nSPS) is 16.0.